The number of carbonyl (C=O) groups excluding carboxylic acids is 3. The van der Waals surface area contributed by atoms with Gasteiger partial charge in [0.2, 0.25) is 0 Å². The van der Waals surface area contributed by atoms with E-state index in [0.29, 0.717) is 25.7 Å². The van der Waals surface area contributed by atoms with Gasteiger partial charge >= 0.3 is 17.9 Å². The third-order valence-corrected chi connectivity index (χ3v) is 11.2. The SMILES string of the molecule is CC/C=C\C/C=C\C/C=C\C/C=C\C/C=C\CCCC(=O)OC(COC(=O)CCC/C=C\CCCCCC)COC(=O)CCCCCCCCCCCCCCCCCCCCC. The Balaban J connectivity index is 4.38. The summed E-state index contributed by atoms with van der Waals surface area (Å²) in [5, 5.41) is 0. The molecule has 0 aromatic heterocycles. The summed E-state index contributed by atoms with van der Waals surface area (Å²) in [7, 11) is 0. The van der Waals surface area contributed by atoms with E-state index in [-0.39, 0.29) is 37.5 Å². The van der Waals surface area contributed by atoms with Crippen molar-refractivity contribution in [3.8, 4) is 0 Å². The molecule has 0 spiro atoms. The molecule has 0 aromatic carbocycles. The smallest absolute Gasteiger partial charge is 0.306 e. The van der Waals surface area contributed by atoms with E-state index in [1.165, 1.54) is 128 Å². The van der Waals surface area contributed by atoms with Gasteiger partial charge in [-0.25, -0.2) is 0 Å². The molecule has 0 aliphatic carbocycles. The average molecular weight is 879 g/mol. The third-order valence-electron chi connectivity index (χ3n) is 11.2. The van der Waals surface area contributed by atoms with Crippen LogP contribution >= 0.6 is 0 Å². The van der Waals surface area contributed by atoms with Crippen LogP contribution in [0.5, 0.6) is 0 Å². The van der Waals surface area contributed by atoms with Gasteiger partial charge in [-0.3, -0.25) is 14.4 Å². The first-order valence-corrected chi connectivity index (χ1v) is 26.4. The molecule has 63 heavy (non-hydrogen) atoms. The molecule has 0 N–H and O–H groups in total. The van der Waals surface area contributed by atoms with E-state index in [1.54, 1.807) is 0 Å². The van der Waals surface area contributed by atoms with E-state index in [0.717, 1.165) is 70.6 Å². The van der Waals surface area contributed by atoms with Crippen LogP contribution in [0.3, 0.4) is 0 Å². The van der Waals surface area contributed by atoms with Gasteiger partial charge in [0.1, 0.15) is 13.2 Å². The Labute approximate surface area is 389 Å². The van der Waals surface area contributed by atoms with Crippen LogP contribution in [0.1, 0.15) is 252 Å². The van der Waals surface area contributed by atoms with E-state index in [4.69, 9.17) is 14.2 Å². The molecule has 1 atom stereocenters. The molecule has 0 aliphatic rings. The van der Waals surface area contributed by atoms with Crippen molar-refractivity contribution in [3.63, 3.8) is 0 Å². The predicted molar refractivity (Wildman–Crippen MR) is 270 cm³/mol. The van der Waals surface area contributed by atoms with E-state index in [9.17, 15) is 14.4 Å². The van der Waals surface area contributed by atoms with Gasteiger partial charge in [0.15, 0.2) is 6.10 Å². The molecule has 0 saturated carbocycles. The summed E-state index contributed by atoms with van der Waals surface area (Å²) < 4.78 is 16.7. The Hall–Kier alpha value is -3.15. The molecule has 1 unspecified atom stereocenters. The number of allylic oxidation sites excluding steroid dienone is 12. The summed E-state index contributed by atoms with van der Waals surface area (Å²) in [5.41, 5.74) is 0. The van der Waals surface area contributed by atoms with Crippen LogP contribution in [0.2, 0.25) is 0 Å². The molecule has 0 rings (SSSR count). The van der Waals surface area contributed by atoms with Gasteiger partial charge in [-0.1, -0.05) is 229 Å². The van der Waals surface area contributed by atoms with Crippen LogP contribution in [0.4, 0.5) is 0 Å². The van der Waals surface area contributed by atoms with Gasteiger partial charge in [-0.2, -0.15) is 0 Å². The molecule has 6 nitrogen and oxygen atoms in total. The molecule has 362 valence electrons. The maximum absolute atomic E-state index is 12.8. The van der Waals surface area contributed by atoms with Crippen molar-refractivity contribution < 1.29 is 28.6 Å². The van der Waals surface area contributed by atoms with Gasteiger partial charge in [0.25, 0.3) is 0 Å². The molecular weight excluding hydrogens is 781 g/mol. The lowest BCUT2D eigenvalue weighted by Gasteiger charge is -2.18. The molecule has 0 fully saturated rings. The van der Waals surface area contributed by atoms with E-state index in [1.807, 2.05) is 0 Å². The van der Waals surface area contributed by atoms with Crippen molar-refractivity contribution in [2.24, 2.45) is 0 Å². The lowest BCUT2D eigenvalue weighted by molar-refractivity contribution is -0.167. The second kappa shape index (κ2) is 51.5. The molecule has 6 heteroatoms. The van der Waals surface area contributed by atoms with Crippen molar-refractivity contribution in [3.05, 3.63) is 72.9 Å². The van der Waals surface area contributed by atoms with E-state index >= 15 is 0 Å². The zero-order valence-electron chi connectivity index (χ0n) is 41.3. The molecule has 0 amide bonds. The first-order chi connectivity index (χ1) is 31.0. The molecular formula is C57H98O6. The van der Waals surface area contributed by atoms with Crippen molar-refractivity contribution in [2.45, 2.75) is 258 Å². The summed E-state index contributed by atoms with van der Waals surface area (Å²) in [6, 6.07) is 0. The maximum Gasteiger partial charge on any atom is 0.306 e. The van der Waals surface area contributed by atoms with Crippen LogP contribution < -0.4 is 0 Å². The minimum atomic E-state index is -0.813. The topological polar surface area (TPSA) is 78.9 Å². The second-order valence-electron chi connectivity index (χ2n) is 17.4. The van der Waals surface area contributed by atoms with Crippen molar-refractivity contribution in [1.82, 2.24) is 0 Å². The number of rotatable bonds is 47. The summed E-state index contributed by atoms with van der Waals surface area (Å²) in [5.74, 6) is -0.997. The molecule has 0 saturated heterocycles. The lowest BCUT2D eigenvalue weighted by Crippen LogP contribution is -2.30. The first kappa shape index (κ1) is 59.9. The summed E-state index contributed by atoms with van der Waals surface area (Å²) in [4.78, 5) is 37.9. The predicted octanol–water partition coefficient (Wildman–Crippen LogP) is 17.4. The van der Waals surface area contributed by atoms with Gasteiger partial charge < -0.3 is 14.2 Å². The van der Waals surface area contributed by atoms with Gasteiger partial charge in [0, 0.05) is 19.3 Å². The zero-order valence-corrected chi connectivity index (χ0v) is 41.3. The largest absolute Gasteiger partial charge is 0.462 e. The van der Waals surface area contributed by atoms with Crippen molar-refractivity contribution >= 4 is 17.9 Å². The van der Waals surface area contributed by atoms with Crippen LogP contribution in [0, 0.1) is 0 Å². The zero-order chi connectivity index (χ0) is 45.8. The van der Waals surface area contributed by atoms with E-state index < -0.39 is 6.10 Å². The van der Waals surface area contributed by atoms with Crippen LogP contribution in [0.25, 0.3) is 0 Å². The fourth-order valence-electron chi connectivity index (χ4n) is 7.25. The Morgan fingerprint density at radius 3 is 1.05 bits per heavy atom. The quantitative estimate of drug-likeness (QED) is 0.0262. The third kappa shape index (κ3) is 49.7. The second-order valence-corrected chi connectivity index (χ2v) is 17.4. The Bertz CT molecular complexity index is 1190. The Morgan fingerprint density at radius 2 is 0.635 bits per heavy atom. The number of hydrogen-bond donors (Lipinski definition) is 0. The first-order valence-electron chi connectivity index (χ1n) is 26.4. The standard InChI is InChI=1S/C57H98O6/c1-4-7-10-13-16-19-21-23-25-27-28-30-31-33-35-38-41-44-47-50-56(59)62-53-54(52-61-55(58)49-46-43-40-37-18-15-12-9-6-3)63-57(60)51-48-45-42-39-36-34-32-29-26-24-22-20-17-14-11-8-5-2/h8,11,17,20,24,26,32,34,37,39-40,42,54H,4-7,9-10,12-16,18-19,21-23,25,27-31,33,35-36,38,41,43-53H2,1-3H3/b11-8-,20-17-,26-24-,34-32-,40-37-,42-39-. The summed E-state index contributed by atoms with van der Waals surface area (Å²) in [6.45, 7) is 6.43. The summed E-state index contributed by atoms with van der Waals surface area (Å²) >= 11 is 0. The fraction of sp³-hybridized carbons (Fsp3) is 0.737. The fourth-order valence-corrected chi connectivity index (χ4v) is 7.25. The van der Waals surface area contributed by atoms with Gasteiger partial charge in [0.05, 0.1) is 0 Å². The van der Waals surface area contributed by atoms with Crippen molar-refractivity contribution in [2.75, 3.05) is 13.2 Å². The molecule has 0 radical (unpaired) electrons. The minimum absolute atomic E-state index is 0.105. The highest BCUT2D eigenvalue weighted by molar-refractivity contribution is 5.71. The van der Waals surface area contributed by atoms with Gasteiger partial charge in [-0.05, 0) is 77.0 Å². The highest BCUT2D eigenvalue weighted by atomic mass is 16.6. The monoisotopic (exact) mass is 879 g/mol. The number of carbonyl (C=O) groups is 3. The average Bonchev–Trinajstić information content (AvgIpc) is 3.28. The molecule has 0 aromatic rings. The van der Waals surface area contributed by atoms with Gasteiger partial charge in [-0.15, -0.1) is 0 Å². The van der Waals surface area contributed by atoms with Crippen molar-refractivity contribution in [1.29, 1.82) is 0 Å². The molecule has 0 aliphatic heterocycles. The number of hydrogen-bond acceptors (Lipinski definition) is 6. The Kier molecular flexibility index (Phi) is 48.9. The highest BCUT2D eigenvalue weighted by Crippen LogP contribution is 2.15. The lowest BCUT2D eigenvalue weighted by atomic mass is 10.0. The number of ether oxygens (including phenoxy) is 3. The maximum atomic E-state index is 12.8. The normalized spacial score (nSPS) is 12.6. The molecule has 0 heterocycles. The van der Waals surface area contributed by atoms with Crippen LogP contribution in [-0.4, -0.2) is 37.2 Å². The minimum Gasteiger partial charge on any atom is -0.462 e. The van der Waals surface area contributed by atoms with E-state index in [2.05, 4.69) is 93.7 Å². The van der Waals surface area contributed by atoms with Crippen LogP contribution in [-0.2, 0) is 28.6 Å². The number of unbranched alkanes of at least 4 members (excludes halogenated alkanes) is 24. The summed E-state index contributed by atoms with van der Waals surface area (Å²) in [6.07, 6.45) is 64.8. The Morgan fingerprint density at radius 1 is 0.333 bits per heavy atom. The van der Waals surface area contributed by atoms with Crippen LogP contribution in [0.15, 0.2) is 72.9 Å². The molecule has 0 bridgehead atoms. The number of esters is 3. The highest BCUT2D eigenvalue weighted by Gasteiger charge is 2.19.